The van der Waals surface area contributed by atoms with Gasteiger partial charge in [0.25, 0.3) is 0 Å². The summed E-state index contributed by atoms with van der Waals surface area (Å²) in [5.74, 6) is 0.593. The van der Waals surface area contributed by atoms with Gasteiger partial charge in [-0.3, -0.25) is 4.79 Å². The summed E-state index contributed by atoms with van der Waals surface area (Å²) >= 11 is 3.35. The molecule has 0 atom stereocenters. The quantitative estimate of drug-likeness (QED) is 0.856. The molecule has 2 aromatic rings. The van der Waals surface area contributed by atoms with Crippen molar-refractivity contribution in [1.82, 2.24) is 0 Å². The number of hydrogen-bond acceptors (Lipinski definition) is 2. The molecule has 2 rings (SSSR count). The van der Waals surface area contributed by atoms with Crippen LogP contribution in [0.15, 0.2) is 59.1 Å². The lowest BCUT2D eigenvalue weighted by Crippen LogP contribution is -2.07. The smallest absolute Gasteiger partial charge is 0.248 e. The predicted molar refractivity (Wildman–Crippen MR) is 84.8 cm³/mol. The van der Waals surface area contributed by atoms with Crippen LogP contribution < -0.4 is 10.1 Å². The molecule has 1 amide bonds. The topological polar surface area (TPSA) is 38.3 Å². The normalized spacial score (nSPS) is 10.5. The fraction of sp³-hybridized carbons (Fsp3) is 0.0625. The van der Waals surface area contributed by atoms with E-state index >= 15 is 0 Å². The van der Waals surface area contributed by atoms with Crippen molar-refractivity contribution in [3.63, 3.8) is 0 Å². The number of carbonyl (C=O) groups excluding carboxylic acids is 1. The van der Waals surface area contributed by atoms with Crippen molar-refractivity contribution in [2.24, 2.45) is 0 Å². The van der Waals surface area contributed by atoms with E-state index in [1.54, 1.807) is 13.2 Å². The summed E-state index contributed by atoms with van der Waals surface area (Å²) in [6.07, 6.45) is 3.24. The molecular weight excluding hydrogens is 318 g/mol. The lowest BCUT2D eigenvalue weighted by Gasteiger charge is -2.02. The molecule has 0 spiro atoms. The van der Waals surface area contributed by atoms with E-state index in [1.165, 1.54) is 6.08 Å². The second-order valence-electron chi connectivity index (χ2n) is 4.11. The molecule has 4 heteroatoms. The molecule has 0 saturated heterocycles. The Balaban J connectivity index is 1.99. The Morgan fingerprint density at radius 1 is 1.20 bits per heavy atom. The van der Waals surface area contributed by atoms with E-state index in [1.807, 2.05) is 48.5 Å². The van der Waals surface area contributed by atoms with Crippen molar-refractivity contribution in [2.75, 3.05) is 12.4 Å². The number of halogens is 1. The number of benzene rings is 2. The van der Waals surface area contributed by atoms with Crippen molar-refractivity contribution >= 4 is 33.6 Å². The molecule has 0 aliphatic rings. The zero-order valence-electron chi connectivity index (χ0n) is 11.0. The first-order valence-electron chi connectivity index (χ1n) is 6.06. The molecule has 0 bridgehead atoms. The minimum atomic E-state index is -0.171. The Bertz CT molecular complexity index is 621. The van der Waals surface area contributed by atoms with E-state index < -0.39 is 0 Å². The zero-order valence-corrected chi connectivity index (χ0v) is 12.6. The molecule has 0 saturated carbocycles. The van der Waals surface area contributed by atoms with Gasteiger partial charge >= 0.3 is 0 Å². The number of amides is 1. The van der Waals surface area contributed by atoms with Gasteiger partial charge < -0.3 is 10.1 Å². The molecule has 1 N–H and O–H groups in total. The summed E-state index contributed by atoms with van der Waals surface area (Å²) in [6.45, 7) is 0. The Morgan fingerprint density at radius 3 is 2.65 bits per heavy atom. The minimum Gasteiger partial charge on any atom is -0.497 e. The van der Waals surface area contributed by atoms with Crippen LogP contribution in [0, 0.1) is 0 Å². The minimum absolute atomic E-state index is 0.171. The van der Waals surface area contributed by atoms with Crippen LogP contribution in [0.2, 0.25) is 0 Å². The van der Waals surface area contributed by atoms with Gasteiger partial charge in [0.05, 0.1) is 7.11 Å². The average molecular weight is 332 g/mol. The highest BCUT2D eigenvalue weighted by molar-refractivity contribution is 9.10. The van der Waals surface area contributed by atoms with E-state index in [4.69, 9.17) is 4.74 Å². The van der Waals surface area contributed by atoms with Crippen molar-refractivity contribution < 1.29 is 9.53 Å². The van der Waals surface area contributed by atoms with Crippen LogP contribution in [0.4, 0.5) is 5.69 Å². The molecule has 102 valence electrons. The van der Waals surface area contributed by atoms with E-state index in [2.05, 4.69) is 21.2 Å². The van der Waals surface area contributed by atoms with Gasteiger partial charge in [-0.15, -0.1) is 0 Å². The summed E-state index contributed by atoms with van der Waals surface area (Å²) in [6, 6.07) is 14.9. The highest BCUT2D eigenvalue weighted by Gasteiger charge is 1.98. The van der Waals surface area contributed by atoms with Crippen LogP contribution in [-0.4, -0.2) is 13.0 Å². The lowest BCUT2D eigenvalue weighted by molar-refractivity contribution is -0.111. The first-order chi connectivity index (χ1) is 9.67. The zero-order chi connectivity index (χ0) is 14.4. The maximum Gasteiger partial charge on any atom is 0.248 e. The van der Waals surface area contributed by atoms with Crippen molar-refractivity contribution in [2.45, 2.75) is 0 Å². The first-order valence-corrected chi connectivity index (χ1v) is 6.85. The molecule has 0 heterocycles. The van der Waals surface area contributed by atoms with Gasteiger partial charge in [-0.2, -0.15) is 0 Å². The largest absolute Gasteiger partial charge is 0.497 e. The molecular formula is C16H14BrNO2. The third-order valence-corrected chi connectivity index (χ3v) is 3.16. The SMILES string of the molecule is COc1cccc(C=CC(=O)Nc2ccc(Br)cc2)c1. The fourth-order valence-electron chi connectivity index (χ4n) is 1.63. The summed E-state index contributed by atoms with van der Waals surface area (Å²) in [4.78, 5) is 11.8. The number of carbonyl (C=O) groups is 1. The molecule has 0 aliphatic heterocycles. The second-order valence-corrected chi connectivity index (χ2v) is 5.02. The molecule has 0 radical (unpaired) electrons. The monoisotopic (exact) mass is 331 g/mol. The van der Waals surface area contributed by atoms with Gasteiger partial charge in [0, 0.05) is 16.2 Å². The number of rotatable bonds is 4. The van der Waals surface area contributed by atoms with Crippen LogP contribution in [0.3, 0.4) is 0 Å². The highest BCUT2D eigenvalue weighted by atomic mass is 79.9. The average Bonchev–Trinajstić information content (AvgIpc) is 2.48. The summed E-state index contributed by atoms with van der Waals surface area (Å²) in [5, 5.41) is 2.79. The van der Waals surface area contributed by atoms with E-state index in [-0.39, 0.29) is 5.91 Å². The molecule has 0 aromatic heterocycles. The van der Waals surface area contributed by atoms with E-state index in [0.717, 1.165) is 21.5 Å². The summed E-state index contributed by atoms with van der Waals surface area (Å²) in [7, 11) is 1.61. The molecule has 0 unspecified atom stereocenters. The van der Waals surface area contributed by atoms with E-state index in [0.29, 0.717) is 0 Å². The number of anilines is 1. The molecule has 3 nitrogen and oxygen atoms in total. The van der Waals surface area contributed by atoms with Crippen molar-refractivity contribution in [1.29, 1.82) is 0 Å². The molecule has 0 fully saturated rings. The number of methoxy groups -OCH3 is 1. The van der Waals surface area contributed by atoms with Gasteiger partial charge in [0.15, 0.2) is 0 Å². The number of nitrogens with one attached hydrogen (secondary N) is 1. The summed E-state index contributed by atoms with van der Waals surface area (Å²) in [5.41, 5.74) is 1.67. The van der Waals surface area contributed by atoms with Gasteiger partial charge in [-0.25, -0.2) is 0 Å². The Labute approximate surface area is 126 Å². The second kappa shape index (κ2) is 6.91. The lowest BCUT2D eigenvalue weighted by atomic mass is 10.2. The van der Waals surface area contributed by atoms with Gasteiger partial charge in [-0.1, -0.05) is 28.1 Å². The van der Waals surface area contributed by atoms with Crippen LogP contribution in [0.5, 0.6) is 5.75 Å². The number of hydrogen-bond donors (Lipinski definition) is 1. The van der Waals surface area contributed by atoms with Crippen LogP contribution in [-0.2, 0) is 4.79 Å². The Morgan fingerprint density at radius 2 is 1.95 bits per heavy atom. The van der Waals surface area contributed by atoms with E-state index in [9.17, 15) is 4.79 Å². The third kappa shape index (κ3) is 4.24. The Kier molecular flexibility index (Phi) is 4.96. The van der Waals surface area contributed by atoms with Crippen LogP contribution in [0.1, 0.15) is 5.56 Å². The van der Waals surface area contributed by atoms with Crippen LogP contribution >= 0.6 is 15.9 Å². The summed E-state index contributed by atoms with van der Waals surface area (Å²) < 4.78 is 6.10. The van der Waals surface area contributed by atoms with Crippen molar-refractivity contribution in [3.8, 4) is 5.75 Å². The Hall–Kier alpha value is -2.07. The molecule has 0 aliphatic carbocycles. The van der Waals surface area contributed by atoms with Gasteiger partial charge in [0.2, 0.25) is 5.91 Å². The van der Waals surface area contributed by atoms with Crippen LogP contribution in [0.25, 0.3) is 6.08 Å². The van der Waals surface area contributed by atoms with Crippen molar-refractivity contribution in [3.05, 3.63) is 64.6 Å². The molecule has 2 aromatic carbocycles. The van der Waals surface area contributed by atoms with Gasteiger partial charge in [0.1, 0.15) is 5.75 Å². The first kappa shape index (κ1) is 14.3. The maximum atomic E-state index is 11.8. The highest BCUT2D eigenvalue weighted by Crippen LogP contribution is 2.15. The fourth-order valence-corrected chi connectivity index (χ4v) is 1.90. The third-order valence-electron chi connectivity index (χ3n) is 2.63. The maximum absolute atomic E-state index is 11.8. The van der Waals surface area contributed by atoms with Gasteiger partial charge in [-0.05, 0) is 48.0 Å². The standard InChI is InChI=1S/C16H14BrNO2/c1-20-15-4-2-3-12(11-15)5-10-16(19)18-14-8-6-13(17)7-9-14/h2-11H,1H3,(H,18,19). The molecule has 20 heavy (non-hydrogen) atoms. The number of ether oxygens (including phenoxy) is 1. The predicted octanol–water partition coefficient (Wildman–Crippen LogP) is 4.11.